The van der Waals surface area contributed by atoms with E-state index >= 15 is 0 Å². The van der Waals surface area contributed by atoms with Gasteiger partial charge < -0.3 is 10.1 Å². The summed E-state index contributed by atoms with van der Waals surface area (Å²) in [5, 5.41) is 3.49. The summed E-state index contributed by atoms with van der Waals surface area (Å²) in [7, 11) is 1.78. The van der Waals surface area contributed by atoms with E-state index in [1.54, 1.807) is 7.11 Å². The molecule has 1 fully saturated rings. The third-order valence-electron chi connectivity index (χ3n) is 3.29. The fourth-order valence-corrected chi connectivity index (χ4v) is 2.55. The number of rotatable bonds is 7. The van der Waals surface area contributed by atoms with Crippen LogP contribution in [0.1, 0.15) is 33.1 Å². The van der Waals surface area contributed by atoms with E-state index in [0.717, 1.165) is 25.7 Å². The lowest BCUT2D eigenvalue weighted by Gasteiger charge is -2.28. The van der Waals surface area contributed by atoms with Crippen molar-refractivity contribution >= 4 is 0 Å². The van der Waals surface area contributed by atoms with Crippen LogP contribution in [0.3, 0.4) is 0 Å². The zero-order valence-corrected chi connectivity index (χ0v) is 10.5. The Balaban J connectivity index is 2.35. The lowest BCUT2D eigenvalue weighted by molar-refractivity contribution is 0.133. The second-order valence-electron chi connectivity index (χ2n) is 4.41. The van der Waals surface area contributed by atoms with E-state index in [-0.39, 0.29) is 0 Å². The molecule has 1 aliphatic heterocycles. The minimum Gasteiger partial charge on any atom is -0.383 e. The standard InChI is InChI=1S/C12H26N2O/c1-4-12-7-6-8-14(12)9-11(10-15-3)13-5-2/h11-13H,4-10H2,1-3H3. The Bertz CT molecular complexity index is 158. The molecule has 0 bridgehead atoms. The average Bonchev–Trinajstić information content (AvgIpc) is 2.66. The first-order valence-electron chi connectivity index (χ1n) is 6.28. The van der Waals surface area contributed by atoms with Crippen molar-refractivity contribution in [3.63, 3.8) is 0 Å². The second-order valence-corrected chi connectivity index (χ2v) is 4.41. The van der Waals surface area contributed by atoms with E-state index in [2.05, 4.69) is 24.1 Å². The van der Waals surface area contributed by atoms with Crippen LogP contribution >= 0.6 is 0 Å². The summed E-state index contributed by atoms with van der Waals surface area (Å²) >= 11 is 0. The fourth-order valence-electron chi connectivity index (χ4n) is 2.55. The number of hydrogen-bond donors (Lipinski definition) is 1. The first-order valence-corrected chi connectivity index (χ1v) is 6.28. The van der Waals surface area contributed by atoms with Crippen LogP contribution < -0.4 is 5.32 Å². The molecule has 0 saturated carbocycles. The SMILES string of the molecule is CCNC(COC)CN1CCCC1CC. The lowest BCUT2D eigenvalue weighted by Crippen LogP contribution is -2.45. The van der Waals surface area contributed by atoms with Gasteiger partial charge in [-0.1, -0.05) is 13.8 Å². The van der Waals surface area contributed by atoms with Gasteiger partial charge in [-0.2, -0.15) is 0 Å². The molecule has 0 spiro atoms. The van der Waals surface area contributed by atoms with Crippen molar-refractivity contribution in [2.24, 2.45) is 0 Å². The Morgan fingerprint density at radius 2 is 2.27 bits per heavy atom. The minimum atomic E-state index is 0.493. The molecule has 0 aliphatic carbocycles. The van der Waals surface area contributed by atoms with E-state index in [0.29, 0.717) is 6.04 Å². The number of ether oxygens (including phenoxy) is 1. The maximum atomic E-state index is 5.25. The zero-order chi connectivity index (χ0) is 11.1. The first kappa shape index (κ1) is 12.9. The van der Waals surface area contributed by atoms with Crippen molar-refractivity contribution in [2.45, 2.75) is 45.2 Å². The normalized spacial score (nSPS) is 24.6. The molecule has 3 nitrogen and oxygen atoms in total. The molecule has 3 heteroatoms. The molecule has 1 saturated heterocycles. The first-order chi connectivity index (χ1) is 7.31. The maximum absolute atomic E-state index is 5.25. The summed E-state index contributed by atoms with van der Waals surface area (Å²) < 4.78 is 5.25. The third-order valence-corrected chi connectivity index (χ3v) is 3.29. The van der Waals surface area contributed by atoms with E-state index in [1.807, 2.05) is 0 Å². The lowest BCUT2D eigenvalue weighted by atomic mass is 10.1. The van der Waals surface area contributed by atoms with E-state index in [1.165, 1.54) is 25.8 Å². The van der Waals surface area contributed by atoms with Gasteiger partial charge in [-0.15, -0.1) is 0 Å². The second kappa shape index (κ2) is 7.20. The van der Waals surface area contributed by atoms with Crippen LogP contribution in [0.15, 0.2) is 0 Å². The van der Waals surface area contributed by atoms with E-state index in [4.69, 9.17) is 4.74 Å². The van der Waals surface area contributed by atoms with Crippen molar-refractivity contribution < 1.29 is 4.74 Å². The maximum Gasteiger partial charge on any atom is 0.0628 e. The van der Waals surface area contributed by atoms with Crippen LogP contribution in [0.5, 0.6) is 0 Å². The predicted molar refractivity (Wildman–Crippen MR) is 64.2 cm³/mol. The van der Waals surface area contributed by atoms with Crippen LogP contribution in [0, 0.1) is 0 Å². The number of nitrogens with zero attached hydrogens (tertiary/aromatic N) is 1. The number of nitrogens with one attached hydrogen (secondary N) is 1. The summed E-state index contributed by atoms with van der Waals surface area (Å²) in [5.41, 5.74) is 0. The fraction of sp³-hybridized carbons (Fsp3) is 1.00. The van der Waals surface area contributed by atoms with E-state index in [9.17, 15) is 0 Å². The van der Waals surface area contributed by atoms with Gasteiger partial charge in [0.2, 0.25) is 0 Å². The van der Waals surface area contributed by atoms with Crippen molar-refractivity contribution in [1.29, 1.82) is 0 Å². The summed E-state index contributed by atoms with van der Waals surface area (Å²) in [6.45, 7) is 8.70. The van der Waals surface area contributed by atoms with Crippen LogP contribution in [0.4, 0.5) is 0 Å². The van der Waals surface area contributed by atoms with Crippen LogP contribution in [-0.4, -0.2) is 50.3 Å². The quantitative estimate of drug-likeness (QED) is 0.695. The predicted octanol–water partition coefficient (Wildman–Crippen LogP) is 1.49. The van der Waals surface area contributed by atoms with Gasteiger partial charge in [-0.3, -0.25) is 4.90 Å². The summed E-state index contributed by atoms with van der Waals surface area (Å²) in [6, 6.07) is 1.30. The summed E-state index contributed by atoms with van der Waals surface area (Å²) in [6.07, 6.45) is 4.03. The number of likely N-dealkylation sites (N-methyl/N-ethyl adjacent to an activating group) is 1. The summed E-state index contributed by atoms with van der Waals surface area (Å²) in [4.78, 5) is 2.62. The molecule has 0 radical (unpaired) electrons. The van der Waals surface area contributed by atoms with Crippen LogP contribution in [-0.2, 0) is 4.74 Å². The molecule has 1 heterocycles. The molecule has 0 aromatic carbocycles. The Morgan fingerprint density at radius 3 is 2.87 bits per heavy atom. The number of likely N-dealkylation sites (tertiary alicyclic amines) is 1. The van der Waals surface area contributed by atoms with Gasteiger partial charge in [0.1, 0.15) is 0 Å². The molecule has 2 unspecified atom stereocenters. The Morgan fingerprint density at radius 1 is 1.47 bits per heavy atom. The Labute approximate surface area is 94.2 Å². The summed E-state index contributed by atoms with van der Waals surface area (Å²) in [5.74, 6) is 0. The highest BCUT2D eigenvalue weighted by molar-refractivity contribution is 4.82. The van der Waals surface area contributed by atoms with Gasteiger partial charge in [0.15, 0.2) is 0 Å². The molecule has 2 atom stereocenters. The van der Waals surface area contributed by atoms with Crippen LogP contribution in [0.2, 0.25) is 0 Å². The zero-order valence-electron chi connectivity index (χ0n) is 10.5. The molecular weight excluding hydrogens is 188 g/mol. The highest BCUT2D eigenvalue weighted by Crippen LogP contribution is 2.19. The minimum absolute atomic E-state index is 0.493. The van der Waals surface area contributed by atoms with Gasteiger partial charge in [-0.25, -0.2) is 0 Å². The molecule has 15 heavy (non-hydrogen) atoms. The highest BCUT2D eigenvalue weighted by Gasteiger charge is 2.24. The Hall–Kier alpha value is -0.120. The van der Waals surface area contributed by atoms with Gasteiger partial charge in [-0.05, 0) is 32.4 Å². The van der Waals surface area contributed by atoms with Crippen molar-refractivity contribution in [3.8, 4) is 0 Å². The smallest absolute Gasteiger partial charge is 0.0628 e. The molecular formula is C12H26N2O. The molecule has 1 aliphatic rings. The molecule has 0 amide bonds. The number of hydrogen-bond acceptors (Lipinski definition) is 3. The Kier molecular flexibility index (Phi) is 6.22. The van der Waals surface area contributed by atoms with Crippen molar-refractivity contribution in [2.75, 3.05) is 33.4 Å². The average molecular weight is 214 g/mol. The third kappa shape index (κ3) is 4.09. The molecule has 1 N–H and O–H groups in total. The molecule has 1 rings (SSSR count). The van der Waals surface area contributed by atoms with Gasteiger partial charge >= 0.3 is 0 Å². The van der Waals surface area contributed by atoms with E-state index < -0.39 is 0 Å². The topological polar surface area (TPSA) is 24.5 Å². The van der Waals surface area contributed by atoms with Gasteiger partial charge in [0.05, 0.1) is 6.61 Å². The molecule has 90 valence electrons. The molecule has 0 aromatic rings. The molecule has 0 aromatic heterocycles. The van der Waals surface area contributed by atoms with Gasteiger partial charge in [0, 0.05) is 25.7 Å². The highest BCUT2D eigenvalue weighted by atomic mass is 16.5. The van der Waals surface area contributed by atoms with Crippen LogP contribution in [0.25, 0.3) is 0 Å². The van der Waals surface area contributed by atoms with Crippen molar-refractivity contribution in [1.82, 2.24) is 10.2 Å². The van der Waals surface area contributed by atoms with Crippen molar-refractivity contribution in [3.05, 3.63) is 0 Å². The number of methoxy groups -OCH3 is 1. The van der Waals surface area contributed by atoms with Gasteiger partial charge in [0.25, 0.3) is 0 Å². The largest absolute Gasteiger partial charge is 0.383 e. The monoisotopic (exact) mass is 214 g/mol.